The number of imidazole rings is 1. The van der Waals surface area contributed by atoms with Crippen LogP contribution in [-0.2, 0) is 17.8 Å². The Labute approximate surface area is 82.1 Å². The van der Waals surface area contributed by atoms with Crippen molar-refractivity contribution in [2.45, 2.75) is 20.0 Å². The summed E-state index contributed by atoms with van der Waals surface area (Å²) in [5.74, 6) is 0.564. The SMILES string of the molecule is CCOC(=O)c1cn2c(n1)CNCC2. The van der Waals surface area contributed by atoms with Crippen molar-refractivity contribution in [1.82, 2.24) is 14.9 Å². The van der Waals surface area contributed by atoms with Gasteiger partial charge < -0.3 is 14.6 Å². The van der Waals surface area contributed by atoms with Crippen molar-refractivity contribution in [2.75, 3.05) is 13.2 Å². The largest absolute Gasteiger partial charge is 0.461 e. The highest BCUT2D eigenvalue weighted by Gasteiger charge is 2.16. The van der Waals surface area contributed by atoms with E-state index in [4.69, 9.17) is 4.74 Å². The average molecular weight is 195 g/mol. The van der Waals surface area contributed by atoms with Crippen molar-refractivity contribution in [3.8, 4) is 0 Å². The topological polar surface area (TPSA) is 56.2 Å². The second kappa shape index (κ2) is 3.79. The zero-order chi connectivity index (χ0) is 9.97. The lowest BCUT2D eigenvalue weighted by molar-refractivity contribution is 0.0520. The summed E-state index contributed by atoms with van der Waals surface area (Å²) < 4.78 is 6.86. The van der Waals surface area contributed by atoms with Crippen LogP contribution >= 0.6 is 0 Å². The molecule has 1 aromatic rings. The number of carbonyl (C=O) groups is 1. The summed E-state index contributed by atoms with van der Waals surface area (Å²) in [5, 5.41) is 3.19. The molecule has 76 valence electrons. The van der Waals surface area contributed by atoms with E-state index in [0.717, 1.165) is 25.5 Å². The second-order valence-electron chi connectivity index (χ2n) is 3.13. The van der Waals surface area contributed by atoms with Crippen molar-refractivity contribution in [3.63, 3.8) is 0 Å². The molecule has 0 unspecified atom stereocenters. The third-order valence-electron chi connectivity index (χ3n) is 2.16. The monoisotopic (exact) mass is 195 g/mol. The molecule has 5 nitrogen and oxygen atoms in total. The van der Waals surface area contributed by atoms with Crippen LogP contribution in [0.5, 0.6) is 0 Å². The lowest BCUT2D eigenvalue weighted by atomic mass is 10.4. The quantitative estimate of drug-likeness (QED) is 0.683. The minimum absolute atomic E-state index is 0.339. The van der Waals surface area contributed by atoms with E-state index in [0.29, 0.717) is 12.3 Å². The molecule has 2 heterocycles. The van der Waals surface area contributed by atoms with Gasteiger partial charge in [-0.1, -0.05) is 0 Å². The van der Waals surface area contributed by atoms with Gasteiger partial charge >= 0.3 is 5.97 Å². The van der Waals surface area contributed by atoms with Crippen LogP contribution in [0.25, 0.3) is 0 Å². The first kappa shape index (κ1) is 9.21. The van der Waals surface area contributed by atoms with Gasteiger partial charge in [0.1, 0.15) is 5.82 Å². The Hall–Kier alpha value is -1.36. The Kier molecular flexibility index (Phi) is 2.49. The zero-order valence-corrected chi connectivity index (χ0v) is 8.12. The molecule has 1 aliphatic heterocycles. The van der Waals surface area contributed by atoms with Gasteiger partial charge in [-0.2, -0.15) is 0 Å². The highest BCUT2D eigenvalue weighted by Crippen LogP contribution is 2.07. The minimum Gasteiger partial charge on any atom is -0.461 e. The average Bonchev–Trinajstić information content (AvgIpc) is 2.61. The van der Waals surface area contributed by atoms with E-state index in [9.17, 15) is 4.79 Å². The zero-order valence-electron chi connectivity index (χ0n) is 8.12. The molecule has 0 radical (unpaired) electrons. The van der Waals surface area contributed by atoms with Gasteiger partial charge in [-0.25, -0.2) is 9.78 Å². The van der Waals surface area contributed by atoms with Gasteiger partial charge in [0.25, 0.3) is 0 Å². The van der Waals surface area contributed by atoms with Gasteiger partial charge in [0.05, 0.1) is 13.2 Å². The predicted molar refractivity (Wildman–Crippen MR) is 49.9 cm³/mol. The molecule has 1 aliphatic rings. The maximum atomic E-state index is 11.3. The standard InChI is InChI=1S/C9H13N3O2/c1-2-14-9(13)7-6-12-4-3-10-5-8(12)11-7/h6,10H,2-5H2,1H3. The fourth-order valence-corrected chi connectivity index (χ4v) is 1.49. The molecule has 0 saturated carbocycles. The number of hydrogen-bond donors (Lipinski definition) is 1. The Balaban J connectivity index is 2.19. The van der Waals surface area contributed by atoms with Crippen molar-refractivity contribution < 1.29 is 9.53 Å². The molecule has 0 saturated heterocycles. The summed E-state index contributed by atoms with van der Waals surface area (Å²) in [7, 11) is 0. The van der Waals surface area contributed by atoms with Crippen LogP contribution < -0.4 is 5.32 Å². The molecule has 0 atom stereocenters. The van der Waals surface area contributed by atoms with Crippen LogP contribution in [0.15, 0.2) is 6.20 Å². The summed E-state index contributed by atoms with van der Waals surface area (Å²) in [6.45, 7) is 4.68. The van der Waals surface area contributed by atoms with Gasteiger partial charge in [-0.15, -0.1) is 0 Å². The fraction of sp³-hybridized carbons (Fsp3) is 0.556. The van der Waals surface area contributed by atoms with Gasteiger partial charge in [0, 0.05) is 19.3 Å². The highest BCUT2D eigenvalue weighted by molar-refractivity contribution is 5.87. The van der Waals surface area contributed by atoms with Gasteiger partial charge in [0.2, 0.25) is 0 Å². The van der Waals surface area contributed by atoms with E-state index in [1.807, 2.05) is 4.57 Å². The van der Waals surface area contributed by atoms with Crippen molar-refractivity contribution in [2.24, 2.45) is 0 Å². The number of nitrogens with one attached hydrogen (secondary N) is 1. The van der Waals surface area contributed by atoms with Gasteiger partial charge in [0.15, 0.2) is 5.69 Å². The van der Waals surface area contributed by atoms with Crippen molar-refractivity contribution >= 4 is 5.97 Å². The number of carbonyl (C=O) groups excluding carboxylic acids is 1. The summed E-state index contributed by atoms with van der Waals surface area (Å²) in [6, 6.07) is 0. The molecular formula is C9H13N3O2. The minimum atomic E-state index is -0.339. The van der Waals surface area contributed by atoms with Crippen LogP contribution in [0.4, 0.5) is 0 Å². The number of rotatable bonds is 2. The van der Waals surface area contributed by atoms with E-state index >= 15 is 0 Å². The van der Waals surface area contributed by atoms with Crippen LogP contribution in [0.3, 0.4) is 0 Å². The van der Waals surface area contributed by atoms with E-state index in [1.54, 1.807) is 13.1 Å². The molecule has 14 heavy (non-hydrogen) atoms. The van der Waals surface area contributed by atoms with E-state index in [1.165, 1.54) is 0 Å². The smallest absolute Gasteiger partial charge is 0.358 e. The summed E-state index contributed by atoms with van der Waals surface area (Å²) in [5.41, 5.74) is 0.408. The summed E-state index contributed by atoms with van der Waals surface area (Å²) >= 11 is 0. The van der Waals surface area contributed by atoms with E-state index < -0.39 is 0 Å². The molecule has 0 amide bonds. The van der Waals surface area contributed by atoms with Crippen LogP contribution in [0.1, 0.15) is 23.2 Å². The lowest BCUT2D eigenvalue weighted by Gasteiger charge is -2.13. The number of fused-ring (bicyclic) bond motifs is 1. The molecule has 5 heteroatoms. The first-order valence-corrected chi connectivity index (χ1v) is 4.75. The first-order chi connectivity index (χ1) is 6.81. The number of hydrogen-bond acceptors (Lipinski definition) is 4. The van der Waals surface area contributed by atoms with Crippen LogP contribution in [-0.4, -0.2) is 28.7 Å². The third-order valence-corrected chi connectivity index (χ3v) is 2.16. The Morgan fingerprint density at radius 3 is 3.36 bits per heavy atom. The molecule has 2 rings (SSSR count). The summed E-state index contributed by atoms with van der Waals surface area (Å²) in [4.78, 5) is 15.5. The lowest BCUT2D eigenvalue weighted by Crippen LogP contribution is -2.27. The number of esters is 1. The second-order valence-corrected chi connectivity index (χ2v) is 3.13. The molecular weight excluding hydrogens is 182 g/mol. The number of nitrogens with zero attached hydrogens (tertiary/aromatic N) is 2. The van der Waals surface area contributed by atoms with Crippen molar-refractivity contribution in [1.29, 1.82) is 0 Å². The van der Waals surface area contributed by atoms with Crippen LogP contribution in [0.2, 0.25) is 0 Å². The summed E-state index contributed by atoms with van der Waals surface area (Å²) in [6.07, 6.45) is 1.76. The van der Waals surface area contributed by atoms with E-state index in [2.05, 4.69) is 10.3 Å². The maximum Gasteiger partial charge on any atom is 0.358 e. The predicted octanol–water partition coefficient (Wildman–Crippen LogP) is 0.163. The fourth-order valence-electron chi connectivity index (χ4n) is 1.49. The molecule has 0 fully saturated rings. The number of aromatic nitrogens is 2. The van der Waals surface area contributed by atoms with E-state index in [-0.39, 0.29) is 5.97 Å². The first-order valence-electron chi connectivity index (χ1n) is 4.75. The Morgan fingerprint density at radius 2 is 2.64 bits per heavy atom. The third kappa shape index (κ3) is 1.63. The molecule has 0 aromatic carbocycles. The van der Waals surface area contributed by atoms with Gasteiger partial charge in [-0.05, 0) is 6.92 Å². The van der Waals surface area contributed by atoms with Crippen LogP contribution in [0, 0.1) is 0 Å². The highest BCUT2D eigenvalue weighted by atomic mass is 16.5. The molecule has 1 aromatic heterocycles. The molecule has 0 bridgehead atoms. The molecule has 0 spiro atoms. The van der Waals surface area contributed by atoms with Crippen molar-refractivity contribution in [3.05, 3.63) is 17.7 Å². The Morgan fingerprint density at radius 1 is 1.79 bits per heavy atom. The molecule has 1 N–H and O–H groups in total. The maximum absolute atomic E-state index is 11.3. The Bertz CT molecular complexity index is 322. The normalized spacial score (nSPS) is 14.9. The van der Waals surface area contributed by atoms with Gasteiger partial charge in [-0.3, -0.25) is 0 Å². The molecule has 0 aliphatic carbocycles. The number of ether oxygens (including phenoxy) is 1.